The van der Waals surface area contributed by atoms with E-state index >= 15 is 0 Å². The maximum absolute atomic E-state index is 8.58. The highest BCUT2D eigenvalue weighted by Gasteiger charge is 2.28. The summed E-state index contributed by atoms with van der Waals surface area (Å²) in [6, 6.07) is 2.02. The van der Waals surface area contributed by atoms with Gasteiger partial charge in [-0.05, 0) is 6.92 Å². The Hall–Kier alpha value is -1.44. The SMILES string of the molecule is CC1(C#N)CN=N1.NC=O. The molecule has 0 saturated heterocycles. The van der Waals surface area contributed by atoms with E-state index in [4.69, 9.17) is 10.1 Å². The number of carbonyl (C=O) groups is 1. The molecular formula is C5H8N4O. The predicted molar refractivity (Wildman–Crippen MR) is 34.0 cm³/mol. The molecule has 0 spiro atoms. The van der Waals surface area contributed by atoms with Crippen LogP contribution in [-0.2, 0) is 4.79 Å². The van der Waals surface area contributed by atoms with Crippen molar-refractivity contribution < 1.29 is 4.79 Å². The zero-order valence-corrected chi connectivity index (χ0v) is 5.61. The number of rotatable bonds is 0. The maximum atomic E-state index is 8.58. The molecule has 5 heteroatoms. The van der Waals surface area contributed by atoms with Gasteiger partial charge in [0.05, 0.1) is 6.07 Å². The van der Waals surface area contributed by atoms with Gasteiger partial charge in [-0.2, -0.15) is 15.5 Å². The zero-order valence-electron chi connectivity index (χ0n) is 5.61. The number of primary amides is 1. The number of hydrogen-bond acceptors (Lipinski definition) is 4. The summed E-state index contributed by atoms with van der Waals surface area (Å²) in [5, 5.41) is 15.4. The Morgan fingerprint density at radius 1 is 1.90 bits per heavy atom. The summed E-state index contributed by atoms with van der Waals surface area (Å²) in [5.41, 5.74) is 3.69. The van der Waals surface area contributed by atoms with E-state index in [-0.39, 0.29) is 6.41 Å². The lowest BCUT2D eigenvalue weighted by molar-refractivity contribution is -0.106. The molecule has 0 radical (unpaired) electrons. The van der Waals surface area contributed by atoms with E-state index in [0.29, 0.717) is 6.54 Å². The Kier molecular flexibility index (Phi) is 3.05. The molecule has 54 valence electrons. The Balaban J connectivity index is 0.000000236. The molecule has 1 rings (SSSR count). The van der Waals surface area contributed by atoms with Gasteiger partial charge < -0.3 is 5.73 Å². The van der Waals surface area contributed by atoms with Gasteiger partial charge in [0, 0.05) is 0 Å². The molecule has 2 N–H and O–H groups in total. The average molecular weight is 140 g/mol. The summed E-state index contributed by atoms with van der Waals surface area (Å²) < 4.78 is 0. The van der Waals surface area contributed by atoms with Crippen molar-refractivity contribution in [1.82, 2.24) is 0 Å². The van der Waals surface area contributed by atoms with E-state index in [0.717, 1.165) is 0 Å². The van der Waals surface area contributed by atoms with Gasteiger partial charge in [0.2, 0.25) is 6.41 Å². The lowest BCUT2D eigenvalue weighted by Crippen LogP contribution is -2.29. The lowest BCUT2D eigenvalue weighted by atomic mass is 10.1. The zero-order chi connectivity index (χ0) is 8.04. The average Bonchev–Trinajstić information content (AvgIpc) is 1.85. The maximum Gasteiger partial charge on any atom is 0.204 e. The number of nitriles is 1. The highest BCUT2D eigenvalue weighted by Crippen LogP contribution is 2.17. The Bertz CT molecular complexity index is 183. The molecule has 10 heavy (non-hydrogen) atoms. The Morgan fingerprint density at radius 3 is 2.30 bits per heavy atom. The van der Waals surface area contributed by atoms with Crippen LogP contribution in [0.2, 0.25) is 0 Å². The minimum Gasteiger partial charge on any atom is -0.372 e. The first-order valence-electron chi connectivity index (χ1n) is 2.64. The minimum absolute atomic E-state index is 0.250. The number of nitrogens with two attached hydrogens (primary N) is 1. The molecule has 5 nitrogen and oxygen atoms in total. The van der Waals surface area contributed by atoms with E-state index < -0.39 is 5.54 Å². The van der Waals surface area contributed by atoms with Gasteiger partial charge in [-0.3, -0.25) is 4.79 Å². The van der Waals surface area contributed by atoms with Crippen LogP contribution in [0.3, 0.4) is 0 Å². The third kappa shape index (κ3) is 2.22. The molecular weight excluding hydrogens is 132 g/mol. The number of hydrogen-bond donors (Lipinski definition) is 1. The van der Waals surface area contributed by atoms with E-state index in [9.17, 15) is 0 Å². The molecule has 1 heterocycles. The third-order valence-corrected chi connectivity index (χ3v) is 0.911. The second-order valence-corrected chi connectivity index (χ2v) is 1.92. The smallest absolute Gasteiger partial charge is 0.204 e. The monoisotopic (exact) mass is 140 g/mol. The molecule has 1 unspecified atom stereocenters. The number of carbonyl (C=O) groups excluding carboxylic acids is 1. The lowest BCUT2D eigenvalue weighted by Gasteiger charge is -2.17. The molecule has 0 aliphatic carbocycles. The van der Waals surface area contributed by atoms with Crippen molar-refractivity contribution in [3.63, 3.8) is 0 Å². The van der Waals surface area contributed by atoms with Gasteiger partial charge in [-0.15, -0.1) is 0 Å². The van der Waals surface area contributed by atoms with Crippen molar-refractivity contribution >= 4 is 6.41 Å². The summed E-state index contributed by atoms with van der Waals surface area (Å²) in [4.78, 5) is 8.58. The van der Waals surface area contributed by atoms with E-state index in [1.807, 2.05) is 6.07 Å². The minimum atomic E-state index is -0.472. The van der Waals surface area contributed by atoms with Crippen LogP contribution < -0.4 is 5.73 Å². The molecule has 1 aliphatic heterocycles. The van der Waals surface area contributed by atoms with Gasteiger partial charge in [0.25, 0.3) is 0 Å². The topological polar surface area (TPSA) is 91.6 Å². The van der Waals surface area contributed by atoms with Crippen LogP contribution in [0.5, 0.6) is 0 Å². The van der Waals surface area contributed by atoms with Gasteiger partial charge in [-0.25, -0.2) is 0 Å². The quantitative estimate of drug-likeness (QED) is 0.473. The fourth-order valence-corrected chi connectivity index (χ4v) is 0.341. The number of amides is 1. The molecule has 0 aromatic carbocycles. The van der Waals surface area contributed by atoms with Crippen LogP contribution in [0.4, 0.5) is 0 Å². The highest BCUT2D eigenvalue weighted by molar-refractivity contribution is 5.42. The molecule has 0 bridgehead atoms. The number of azo groups is 1. The van der Waals surface area contributed by atoms with Gasteiger partial charge in [-0.1, -0.05) is 0 Å². The summed E-state index contributed by atoms with van der Waals surface area (Å²) in [6.45, 7) is 2.34. The van der Waals surface area contributed by atoms with Crippen LogP contribution >= 0.6 is 0 Å². The standard InChI is InChI=1S/C4H5N3.CH3NO/c1-4(2-5)3-6-7-4;2-1-3/h3H2,1H3;1H,(H2,2,3). The third-order valence-electron chi connectivity index (χ3n) is 0.911. The largest absolute Gasteiger partial charge is 0.372 e. The Morgan fingerprint density at radius 2 is 2.30 bits per heavy atom. The van der Waals surface area contributed by atoms with Gasteiger partial charge in [0.15, 0.2) is 5.54 Å². The molecule has 1 atom stereocenters. The van der Waals surface area contributed by atoms with Crippen molar-refractivity contribution in [1.29, 1.82) is 5.26 Å². The predicted octanol–water partition coefficient (Wildman–Crippen LogP) is -0.164. The van der Waals surface area contributed by atoms with Crippen LogP contribution in [0, 0.1) is 11.3 Å². The summed E-state index contributed by atoms with van der Waals surface area (Å²) in [5.74, 6) is 0. The van der Waals surface area contributed by atoms with E-state index in [1.54, 1.807) is 6.92 Å². The molecule has 1 amide bonds. The normalized spacial score (nSPS) is 26.8. The van der Waals surface area contributed by atoms with Crippen molar-refractivity contribution in [2.75, 3.05) is 6.54 Å². The first kappa shape index (κ1) is 8.56. The van der Waals surface area contributed by atoms with Gasteiger partial charge in [0.1, 0.15) is 6.54 Å². The van der Waals surface area contributed by atoms with Crippen molar-refractivity contribution in [3.05, 3.63) is 0 Å². The summed E-state index contributed by atoms with van der Waals surface area (Å²) >= 11 is 0. The van der Waals surface area contributed by atoms with Crippen LogP contribution in [0.25, 0.3) is 0 Å². The molecule has 0 aromatic rings. The van der Waals surface area contributed by atoms with Crippen LogP contribution in [0.1, 0.15) is 6.92 Å². The first-order valence-corrected chi connectivity index (χ1v) is 2.64. The summed E-state index contributed by atoms with van der Waals surface area (Å²) in [6.07, 6.45) is 0.250. The molecule has 0 aromatic heterocycles. The van der Waals surface area contributed by atoms with E-state index in [1.165, 1.54) is 0 Å². The van der Waals surface area contributed by atoms with E-state index in [2.05, 4.69) is 16.0 Å². The van der Waals surface area contributed by atoms with Crippen molar-refractivity contribution in [3.8, 4) is 6.07 Å². The summed E-state index contributed by atoms with van der Waals surface area (Å²) in [7, 11) is 0. The molecule has 0 saturated carbocycles. The van der Waals surface area contributed by atoms with Gasteiger partial charge >= 0.3 is 0 Å². The molecule has 0 fully saturated rings. The Labute approximate surface area is 58.5 Å². The number of nitrogens with zero attached hydrogens (tertiary/aromatic N) is 3. The first-order chi connectivity index (χ1) is 4.68. The van der Waals surface area contributed by atoms with Crippen LogP contribution in [0.15, 0.2) is 10.2 Å². The molecule has 1 aliphatic rings. The van der Waals surface area contributed by atoms with Crippen LogP contribution in [-0.4, -0.2) is 18.5 Å². The fraction of sp³-hybridized carbons (Fsp3) is 0.600. The second kappa shape index (κ2) is 3.56. The van der Waals surface area contributed by atoms with Crippen molar-refractivity contribution in [2.24, 2.45) is 16.0 Å². The fourth-order valence-electron chi connectivity index (χ4n) is 0.341. The highest BCUT2D eigenvalue weighted by atomic mass is 16.1. The van der Waals surface area contributed by atoms with Crippen molar-refractivity contribution in [2.45, 2.75) is 12.5 Å². The second-order valence-electron chi connectivity index (χ2n) is 1.92.